The lowest BCUT2D eigenvalue weighted by Crippen LogP contribution is -2.32. The van der Waals surface area contributed by atoms with Crippen LogP contribution in [0, 0.1) is 11.3 Å². The number of ether oxygens (including phenoxy) is 4. The van der Waals surface area contributed by atoms with Crippen molar-refractivity contribution in [1.82, 2.24) is 5.32 Å². The van der Waals surface area contributed by atoms with Crippen LogP contribution in [0.5, 0.6) is 17.2 Å². The molecular formula is C18H22N2O5. The van der Waals surface area contributed by atoms with Gasteiger partial charge in [-0.3, -0.25) is 4.79 Å². The summed E-state index contributed by atoms with van der Waals surface area (Å²) in [7, 11) is 4.52. The van der Waals surface area contributed by atoms with Crippen molar-refractivity contribution in [3.63, 3.8) is 0 Å². The van der Waals surface area contributed by atoms with E-state index in [1.807, 2.05) is 6.07 Å². The van der Waals surface area contributed by atoms with Crippen molar-refractivity contribution in [1.29, 1.82) is 5.26 Å². The second-order valence-corrected chi connectivity index (χ2v) is 5.46. The van der Waals surface area contributed by atoms with Gasteiger partial charge in [-0.05, 0) is 18.9 Å². The third kappa shape index (κ3) is 4.64. The molecule has 0 bridgehead atoms. The van der Waals surface area contributed by atoms with Crippen LogP contribution in [-0.2, 0) is 9.53 Å². The van der Waals surface area contributed by atoms with Gasteiger partial charge in [-0.15, -0.1) is 0 Å². The number of nitrogens with zero attached hydrogens (tertiary/aromatic N) is 1. The molecule has 1 fully saturated rings. The predicted octanol–water partition coefficient (Wildman–Crippen LogP) is 1.91. The fourth-order valence-electron chi connectivity index (χ4n) is 2.57. The molecule has 7 nitrogen and oxygen atoms in total. The molecule has 1 atom stereocenters. The minimum absolute atomic E-state index is 0.00829. The standard InChI is InChI=1S/C18H22N2O5/c1-22-14-8-16(23-2)15(17(9-14)24-3)7-12(10-19)18(21)20-11-13-5-4-6-25-13/h7-9,13H,4-6,11H2,1-3H3,(H,20,21)/b12-7+. The van der Waals surface area contributed by atoms with E-state index in [0.29, 0.717) is 36.0 Å². The van der Waals surface area contributed by atoms with Crippen LogP contribution in [0.3, 0.4) is 0 Å². The molecule has 1 aliphatic heterocycles. The Labute approximate surface area is 147 Å². The average Bonchev–Trinajstić information content (AvgIpc) is 3.17. The lowest BCUT2D eigenvalue weighted by molar-refractivity contribution is -0.117. The van der Waals surface area contributed by atoms with Crippen LogP contribution in [0.4, 0.5) is 0 Å². The molecule has 2 rings (SSSR count). The van der Waals surface area contributed by atoms with E-state index < -0.39 is 5.91 Å². The van der Waals surface area contributed by atoms with Gasteiger partial charge in [0.2, 0.25) is 0 Å². The molecule has 1 unspecified atom stereocenters. The number of benzene rings is 1. The van der Waals surface area contributed by atoms with Crippen LogP contribution in [0.25, 0.3) is 6.08 Å². The van der Waals surface area contributed by atoms with Crippen molar-refractivity contribution < 1.29 is 23.7 Å². The molecular weight excluding hydrogens is 324 g/mol. The molecule has 0 aliphatic carbocycles. The zero-order valence-electron chi connectivity index (χ0n) is 14.6. The predicted molar refractivity (Wildman–Crippen MR) is 91.7 cm³/mol. The zero-order valence-corrected chi connectivity index (χ0v) is 14.6. The number of carbonyl (C=O) groups is 1. The zero-order chi connectivity index (χ0) is 18.2. The molecule has 1 N–H and O–H groups in total. The molecule has 0 saturated carbocycles. The molecule has 7 heteroatoms. The Bertz CT molecular complexity index is 662. The molecule has 0 radical (unpaired) electrons. The first-order chi connectivity index (χ1) is 12.1. The molecule has 1 amide bonds. The van der Waals surface area contributed by atoms with Gasteiger partial charge >= 0.3 is 0 Å². The van der Waals surface area contributed by atoms with Crippen LogP contribution < -0.4 is 19.5 Å². The first-order valence-corrected chi connectivity index (χ1v) is 7.94. The van der Waals surface area contributed by atoms with Crippen molar-refractivity contribution in [2.75, 3.05) is 34.5 Å². The SMILES string of the molecule is COc1cc(OC)c(/C=C(\C#N)C(=O)NCC2CCCO2)c(OC)c1. The monoisotopic (exact) mass is 346 g/mol. The first-order valence-electron chi connectivity index (χ1n) is 7.94. The van der Waals surface area contributed by atoms with E-state index in [9.17, 15) is 10.1 Å². The van der Waals surface area contributed by atoms with Gasteiger partial charge in [-0.2, -0.15) is 5.26 Å². The van der Waals surface area contributed by atoms with E-state index in [0.717, 1.165) is 12.8 Å². The van der Waals surface area contributed by atoms with Crippen molar-refractivity contribution in [3.05, 3.63) is 23.3 Å². The van der Waals surface area contributed by atoms with E-state index in [1.165, 1.54) is 27.4 Å². The molecule has 0 spiro atoms. The number of carbonyl (C=O) groups excluding carboxylic acids is 1. The highest BCUT2D eigenvalue weighted by atomic mass is 16.5. The first kappa shape index (κ1) is 18.6. The average molecular weight is 346 g/mol. The maximum Gasteiger partial charge on any atom is 0.262 e. The Morgan fingerprint density at radius 3 is 2.48 bits per heavy atom. The fraction of sp³-hybridized carbons (Fsp3) is 0.444. The fourth-order valence-corrected chi connectivity index (χ4v) is 2.57. The Morgan fingerprint density at radius 1 is 1.32 bits per heavy atom. The summed E-state index contributed by atoms with van der Waals surface area (Å²) in [5.41, 5.74) is 0.453. The van der Waals surface area contributed by atoms with Crippen LogP contribution >= 0.6 is 0 Å². The summed E-state index contributed by atoms with van der Waals surface area (Å²) in [6.07, 6.45) is 3.35. The number of methoxy groups -OCH3 is 3. The molecule has 1 saturated heterocycles. The highest BCUT2D eigenvalue weighted by molar-refractivity contribution is 6.02. The van der Waals surface area contributed by atoms with Gasteiger partial charge < -0.3 is 24.3 Å². The highest BCUT2D eigenvalue weighted by Gasteiger charge is 2.19. The molecule has 0 aromatic heterocycles. The van der Waals surface area contributed by atoms with Crippen molar-refractivity contribution >= 4 is 12.0 Å². The molecule has 1 aromatic rings. The van der Waals surface area contributed by atoms with E-state index in [-0.39, 0.29) is 11.7 Å². The lowest BCUT2D eigenvalue weighted by atomic mass is 10.1. The summed E-state index contributed by atoms with van der Waals surface area (Å²) in [6.45, 7) is 1.09. The highest BCUT2D eigenvalue weighted by Crippen LogP contribution is 2.35. The van der Waals surface area contributed by atoms with E-state index in [1.54, 1.807) is 12.1 Å². The van der Waals surface area contributed by atoms with Gasteiger partial charge in [0.1, 0.15) is 28.9 Å². The molecule has 25 heavy (non-hydrogen) atoms. The van der Waals surface area contributed by atoms with Crippen LogP contribution in [0.15, 0.2) is 17.7 Å². The minimum atomic E-state index is -0.460. The second-order valence-electron chi connectivity index (χ2n) is 5.46. The van der Waals surface area contributed by atoms with E-state index in [2.05, 4.69) is 5.32 Å². The number of rotatable bonds is 7. The van der Waals surface area contributed by atoms with Gasteiger partial charge in [0, 0.05) is 25.3 Å². The summed E-state index contributed by atoms with van der Waals surface area (Å²) < 4.78 is 21.3. The Kier molecular flexibility index (Phi) is 6.66. The molecule has 1 aliphatic rings. The summed E-state index contributed by atoms with van der Waals surface area (Å²) >= 11 is 0. The van der Waals surface area contributed by atoms with Crippen molar-refractivity contribution in [3.8, 4) is 23.3 Å². The maximum absolute atomic E-state index is 12.3. The van der Waals surface area contributed by atoms with E-state index >= 15 is 0 Å². The summed E-state index contributed by atoms with van der Waals surface area (Å²) in [4.78, 5) is 12.3. The number of amides is 1. The van der Waals surface area contributed by atoms with Crippen molar-refractivity contribution in [2.24, 2.45) is 0 Å². The Hall–Kier alpha value is -2.72. The van der Waals surface area contributed by atoms with Crippen LogP contribution in [0.1, 0.15) is 18.4 Å². The van der Waals surface area contributed by atoms with Crippen LogP contribution in [0.2, 0.25) is 0 Å². The third-order valence-electron chi connectivity index (χ3n) is 3.92. The maximum atomic E-state index is 12.3. The van der Waals surface area contributed by atoms with Gasteiger partial charge in [0.15, 0.2) is 0 Å². The smallest absolute Gasteiger partial charge is 0.262 e. The summed E-state index contributed by atoms with van der Waals surface area (Å²) in [5.74, 6) is 0.969. The van der Waals surface area contributed by atoms with Gasteiger partial charge in [-0.25, -0.2) is 0 Å². The topological polar surface area (TPSA) is 89.8 Å². The second kappa shape index (κ2) is 8.94. The van der Waals surface area contributed by atoms with Gasteiger partial charge in [-0.1, -0.05) is 0 Å². The Balaban J connectivity index is 2.25. The molecule has 1 aromatic carbocycles. The summed E-state index contributed by atoms with van der Waals surface area (Å²) in [6, 6.07) is 5.24. The number of nitriles is 1. The van der Waals surface area contributed by atoms with Crippen molar-refractivity contribution in [2.45, 2.75) is 18.9 Å². The van der Waals surface area contributed by atoms with Crippen LogP contribution in [-0.4, -0.2) is 46.5 Å². The lowest BCUT2D eigenvalue weighted by Gasteiger charge is -2.13. The normalized spacial score (nSPS) is 16.9. The quantitative estimate of drug-likeness (QED) is 0.599. The number of nitrogens with one attached hydrogen (secondary N) is 1. The van der Waals surface area contributed by atoms with Gasteiger partial charge in [0.05, 0.1) is 33.0 Å². The minimum Gasteiger partial charge on any atom is -0.496 e. The molecule has 134 valence electrons. The van der Waals surface area contributed by atoms with E-state index in [4.69, 9.17) is 18.9 Å². The third-order valence-corrected chi connectivity index (χ3v) is 3.92. The number of hydrogen-bond donors (Lipinski definition) is 1. The molecule has 1 heterocycles. The number of hydrogen-bond acceptors (Lipinski definition) is 6. The Morgan fingerprint density at radius 2 is 2.00 bits per heavy atom. The van der Waals surface area contributed by atoms with Gasteiger partial charge in [0.25, 0.3) is 5.91 Å². The summed E-state index contributed by atoms with van der Waals surface area (Å²) in [5, 5.41) is 12.1. The largest absolute Gasteiger partial charge is 0.496 e.